The van der Waals surface area contributed by atoms with Crippen molar-refractivity contribution in [2.45, 2.75) is 52.0 Å². The van der Waals surface area contributed by atoms with Crippen LogP contribution in [-0.2, 0) is 21.9 Å². The molecule has 0 spiro atoms. The van der Waals surface area contributed by atoms with E-state index in [-0.39, 0.29) is 29.9 Å². The van der Waals surface area contributed by atoms with E-state index in [1.165, 1.54) is 35.0 Å². The summed E-state index contributed by atoms with van der Waals surface area (Å²) in [5, 5.41) is 2.90. The molecular formula is C24H31FN2O2S. The van der Waals surface area contributed by atoms with Gasteiger partial charge in [-0.15, -0.1) is 11.8 Å². The van der Waals surface area contributed by atoms with Crippen LogP contribution in [0.5, 0.6) is 0 Å². The van der Waals surface area contributed by atoms with E-state index in [4.69, 9.17) is 0 Å². The number of unbranched alkanes of at least 4 members (excludes halogenated alkanes) is 1. The third kappa shape index (κ3) is 7.82. The molecule has 0 aliphatic heterocycles. The first-order chi connectivity index (χ1) is 14.4. The van der Waals surface area contributed by atoms with E-state index >= 15 is 0 Å². The summed E-state index contributed by atoms with van der Waals surface area (Å²) in [6.45, 7) is 6.72. The molecule has 0 fully saturated rings. The monoisotopic (exact) mass is 430 g/mol. The van der Waals surface area contributed by atoms with E-state index in [1.807, 2.05) is 25.1 Å². The number of benzene rings is 2. The van der Waals surface area contributed by atoms with Crippen molar-refractivity contribution in [2.75, 3.05) is 12.3 Å². The van der Waals surface area contributed by atoms with Gasteiger partial charge in [-0.3, -0.25) is 9.59 Å². The highest BCUT2D eigenvalue weighted by atomic mass is 32.2. The molecule has 6 heteroatoms. The second-order valence-electron chi connectivity index (χ2n) is 7.45. The number of nitrogens with one attached hydrogen (secondary N) is 1. The summed E-state index contributed by atoms with van der Waals surface area (Å²) in [6.07, 6.45) is 1.89. The van der Waals surface area contributed by atoms with Crippen LogP contribution in [-0.4, -0.2) is 35.1 Å². The summed E-state index contributed by atoms with van der Waals surface area (Å²) in [5.41, 5.74) is 3.15. The van der Waals surface area contributed by atoms with Crippen molar-refractivity contribution in [3.05, 3.63) is 71.0 Å². The van der Waals surface area contributed by atoms with Crippen molar-refractivity contribution in [1.82, 2.24) is 10.2 Å². The molecule has 162 valence electrons. The average Bonchev–Trinajstić information content (AvgIpc) is 2.73. The van der Waals surface area contributed by atoms with Gasteiger partial charge in [-0.1, -0.05) is 55.3 Å². The molecule has 2 aromatic rings. The molecule has 0 heterocycles. The highest BCUT2D eigenvalue weighted by molar-refractivity contribution is 7.99. The lowest BCUT2D eigenvalue weighted by molar-refractivity contribution is -0.138. The van der Waals surface area contributed by atoms with Crippen LogP contribution in [0.1, 0.15) is 43.4 Å². The Hall–Kier alpha value is -2.34. The van der Waals surface area contributed by atoms with E-state index in [9.17, 15) is 14.0 Å². The molecule has 0 saturated heterocycles. The molecule has 0 saturated carbocycles. The Morgan fingerprint density at radius 2 is 1.87 bits per heavy atom. The lowest BCUT2D eigenvalue weighted by atomic mass is 10.1. The number of halogens is 1. The van der Waals surface area contributed by atoms with E-state index in [0.717, 1.165) is 24.2 Å². The fourth-order valence-corrected chi connectivity index (χ4v) is 3.90. The number of carbonyl (C=O) groups excluding carboxylic acids is 2. The average molecular weight is 431 g/mol. The minimum absolute atomic E-state index is 0.102. The van der Waals surface area contributed by atoms with Gasteiger partial charge in [0.25, 0.3) is 0 Å². The maximum Gasteiger partial charge on any atom is 0.242 e. The molecule has 0 aromatic heterocycles. The number of rotatable bonds is 11. The van der Waals surface area contributed by atoms with Gasteiger partial charge in [0, 0.05) is 18.8 Å². The topological polar surface area (TPSA) is 49.4 Å². The molecule has 30 heavy (non-hydrogen) atoms. The molecule has 4 nitrogen and oxygen atoms in total. The largest absolute Gasteiger partial charge is 0.354 e. The molecule has 2 aromatic carbocycles. The van der Waals surface area contributed by atoms with Crippen LogP contribution in [0, 0.1) is 12.7 Å². The zero-order valence-corrected chi connectivity index (χ0v) is 18.8. The van der Waals surface area contributed by atoms with E-state index in [2.05, 4.69) is 18.3 Å². The molecule has 1 atom stereocenters. The zero-order chi connectivity index (χ0) is 21.9. The Morgan fingerprint density at radius 3 is 2.53 bits per heavy atom. The van der Waals surface area contributed by atoms with Crippen LogP contribution in [0.15, 0.2) is 48.5 Å². The first-order valence-electron chi connectivity index (χ1n) is 10.4. The van der Waals surface area contributed by atoms with Crippen LogP contribution < -0.4 is 5.32 Å². The number of hydrogen-bond donors (Lipinski definition) is 1. The molecule has 0 radical (unpaired) electrons. The summed E-state index contributed by atoms with van der Waals surface area (Å²) in [7, 11) is 0. The van der Waals surface area contributed by atoms with Crippen LogP contribution in [0.4, 0.5) is 4.39 Å². The number of aryl methyl sites for hydroxylation is 1. The van der Waals surface area contributed by atoms with Gasteiger partial charge in [0.2, 0.25) is 11.8 Å². The van der Waals surface area contributed by atoms with Gasteiger partial charge in [-0.25, -0.2) is 4.39 Å². The van der Waals surface area contributed by atoms with Crippen molar-refractivity contribution in [1.29, 1.82) is 0 Å². The summed E-state index contributed by atoms with van der Waals surface area (Å²) < 4.78 is 13.3. The van der Waals surface area contributed by atoms with Gasteiger partial charge in [-0.2, -0.15) is 0 Å². The van der Waals surface area contributed by atoms with Gasteiger partial charge >= 0.3 is 0 Å². The molecule has 0 aliphatic rings. The van der Waals surface area contributed by atoms with Crippen molar-refractivity contribution in [3.63, 3.8) is 0 Å². The Bertz CT molecular complexity index is 826. The van der Waals surface area contributed by atoms with Crippen LogP contribution >= 0.6 is 11.8 Å². The van der Waals surface area contributed by atoms with Crippen molar-refractivity contribution >= 4 is 23.6 Å². The van der Waals surface area contributed by atoms with Gasteiger partial charge in [0.1, 0.15) is 11.9 Å². The van der Waals surface area contributed by atoms with Gasteiger partial charge < -0.3 is 10.2 Å². The normalized spacial score (nSPS) is 11.7. The lowest BCUT2D eigenvalue weighted by Gasteiger charge is -2.28. The van der Waals surface area contributed by atoms with Crippen molar-refractivity contribution in [3.8, 4) is 0 Å². The molecule has 1 N–H and O–H groups in total. The Kier molecular flexibility index (Phi) is 9.87. The number of thioether (sulfide) groups is 1. The van der Waals surface area contributed by atoms with Crippen molar-refractivity contribution < 1.29 is 14.0 Å². The van der Waals surface area contributed by atoms with Crippen molar-refractivity contribution in [2.24, 2.45) is 0 Å². The minimum Gasteiger partial charge on any atom is -0.354 e. The smallest absolute Gasteiger partial charge is 0.242 e. The number of hydrogen-bond acceptors (Lipinski definition) is 3. The second kappa shape index (κ2) is 12.4. The third-order valence-electron chi connectivity index (χ3n) is 4.84. The predicted octanol–water partition coefficient (Wildman–Crippen LogP) is 4.70. The maximum absolute atomic E-state index is 13.3. The van der Waals surface area contributed by atoms with Crippen LogP contribution in [0.2, 0.25) is 0 Å². The van der Waals surface area contributed by atoms with Gasteiger partial charge in [0.15, 0.2) is 0 Å². The fourth-order valence-electron chi connectivity index (χ4n) is 3.05. The predicted molar refractivity (Wildman–Crippen MR) is 122 cm³/mol. The first-order valence-corrected chi connectivity index (χ1v) is 11.5. The van der Waals surface area contributed by atoms with E-state index < -0.39 is 6.04 Å². The van der Waals surface area contributed by atoms with E-state index in [1.54, 1.807) is 24.0 Å². The van der Waals surface area contributed by atoms with Crippen LogP contribution in [0.3, 0.4) is 0 Å². The molecular weight excluding hydrogens is 399 g/mol. The third-order valence-corrected chi connectivity index (χ3v) is 5.83. The summed E-state index contributed by atoms with van der Waals surface area (Å²) in [5.74, 6) is 0.421. The summed E-state index contributed by atoms with van der Waals surface area (Å²) >= 11 is 1.53. The van der Waals surface area contributed by atoms with Gasteiger partial charge in [-0.05, 0) is 43.5 Å². The number of nitrogens with zero attached hydrogens (tertiary/aromatic N) is 1. The second-order valence-corrected chi connectivity index (χ2v) is 8.44. The zero-order valence-electron chi connectivity index (χ0n) is 18.0. The SMILES string of the molecule is CCCCNC(=O)[C@@H](C)N(Cc1ccc(F)cc1)C(=O)CSCc1cccc(C)c1. The molecule has 0 aliphatic carbocycles. The lowest BCUT2D eigenvalue weighted by Crippen LogP contribution is -2.48. The summed E-state index contributed by atoms with van der Waals surface area (Å²) in [6, 6.07) is 13.7. The van der Waals surface area contributed by atoms with Gasteiger partial charge in [0.05, 0.1) is 5.75 Å². The minimum atomic E-state index is -0.598. The number of amides is 2. The maximum atomic E-state index is 13.3. The highest BCUT2D eigenvalue weighted by Crippen LogP contribution is 2.17. The van der Waals surface area contributed by atoms with Crippen LogP contribution in [0.25, 0.3) is 0 Å². The Morgan fingerprint density at radius 1 is 1.13 bits per heavy atom. The molecule has 0 unspecified atom stereocenters. The van der Waals surface area contributed by atoms with E-state index in [0.29, 0.717) is 6.54 Å². The standard InChI is InChI=1S/C24H31FN2O2S/c1-4-5-13-26-24(29)19(3)27(15-20-9-11-22(25)12-10-20)23(28)17-30-16-21-8-6-7-18(2)14-21/h6-12,14,19H,4-5,13,15-17H2,1-3H3,(H,26,29)/t19-/m1/s1. The Balaban J connectivity index is 2.03. The highest BCUT2D eigenvalue weighted by Gasteiger charge is 2.25. The molecule has 2 rings (SSSR count). The quantitative estimate of drug-likeness (QED) is 0.526. The number of carbonyl (C=O) groups is 2. The fraction of sp³-hybridized carbons (Fsp3) is 0.417. The molecule has 2 amide bonds. The Labute approximate surface area is 183 Å². The molecule has 0 bridgehead atoms. The first kappa shape index (κ1) is 23.9. The summed E-state index contributed by atoms with van der Waals surface area (Å²) in [4.78, 5) is 27.1.